The number of hydrogen-bond donors (Lipinski definition) is 1. The average molecular weight is 331 g/mol. The molecule has 140 valence electrons. The van der Waals surface area contributed by atoms with Crippen LogP contribution in [0, 0.1) is 0 Å². The third-order valence-corrected chi connectivity index (χ3v) is 4.17. The Bertz CT molecular complexity index is 177. The van der Waals surface area contributed by atoms with Crippen LogP contribution in [0.2, 0.25) is 0 Å². The highest BCUT2D eigenvalue weighted by Gasteiger charge is 1.94. The number of aliphatic hydroxyl groups is 1. The summed E-state index contributed by atoms with van der Waals surface area (Å²) in [5, 5.41) is 8.61. The van der Waals surface area contributed by atoms with Gasteiger partial charge in [-0.05, 0) is 19.3 Å². The van der Waals surface area contributed by atoms with Crippen LogP contribution in [0.1, 0.15) is 96.8 Å². The molecule has 0 aromatic rings. The lowest BCUT2D eigenvalue weighted by Gasteiger charge is -2.05. The van der Waals surface area contributed by atoms with Gasteiger partial charge in [0.2, 0.25) is 0 Å². The molecule has 3 heteroatoms. The number of aliphatic hydroxyl groups excluding tert-OH is 1. The van der Waals surface area contributed by atoms with E-state index in [-0.39, 0.29) is 6.61 Å². The Morgan fingerprint density at radius 3 is 1.35 bits per heavy atom. The van der Waals surface area contributed by atoms with Gasteiger partial charge < -0.3 is 14.6 Å². The second kappa shape index (κ2) is 21.9. The minimum atomic E-state index is 0.218. The molecular formula is C20H42O3. The lowest BCUT2D eigenvalue weighted by Crippen LogP contribution is -2.04. The Kier molecular flexibility index (Phi) is 21.8. The molecule has 0 rings (SSSR count). The molecule has 0 fully saturated rings. The highest BCUT2D eigenvalue weighted by molar-refractivity contribution is 4.48. The average Bonchev–Trinajstić information content (AvgIpc) is 2.57. The molecule has 0 spiro atoms. The van der Waals surface area contributed by atoms with E-state index in [0.717, 1.165) is 32.7 Å². The van der Waals surface area contributed by atoms with Gasteiger partial charge in [0.15, 0.2) is 0 Å². The van der Waals surface area contributed by atoms with Crippen molar-refractivity contribution in [2.75, 3.05) is 33.0 Å². The lowest BCUT2D eigenvalue weighted by atomic mass is 10.1. The van der Waals surface area contributed by atoms with Gasteiger partial charge in [0.25, 0.3) is 0 Å². The fraction of sp³-hybridized carbons (Fsp3) is 1.00. The van der Waals surface area contributed by atoms with Gasteiger partial charge in [-0.3, -0.25) is 0 Å². The Labute approximate surface area is 145 Å². The summed E-state index contributed by atoms with van der Waals surface area (Å²) in [6.45, 7) is 5.61. The fourth-order valence-corrected chi connectivity index (χ4v) is 2.68. The van der Waals surface area contributed by atoms with Gasteiger partial charge in [-0.15, -0.1) is 0 Å². The summed E-state index contributed by atoms with van der Waals surface area (Å²) in [5.74, 6) is 0. The number of ether oxygens (including phenoxy) is 2. The van der Waals surface area contributed by atoms with Gasteiger partial charge >= 0.3 is 0 Å². The maximum atomic E-state index is 8.61. The third kappa shape index (κ3) is 21.9. The summed E-state index contributed by atoms with van der Waals surface area (Å²) >= 11 is 0. The van der Waals surface area contributed by atoms with Gasteiger partial charge in [-0.25, -0.2) is 0 Å². The van der Waals surface area contributed by atoms with Gasteiger partial charge in [0.1, 0.15) is 0 Å². The van der Waals surface area contributed by atoms with Gasteiger partial charge in [0.05, 0.1) is 0 Å². The lowest BCUT2D eigenvalue weighted by molar-refractivity contribution is 0.0748. The van der Waals surface area contributed by atoms with Crippen molar-refractivity contribution in [1.82, 2.24) is 0 Å². The molecule has 0 aliphatic heterocycles. The van der Waals surface area contributed by atoms with Gasteiger partial charge in [-0.2, -0.15) is 0 Å². The fourth-order valence-electron chi connectivity index (χ4n) is 2.68. The molecule has 0 aromatic carbocycles. The smallest absolute Gasteiger partial charge is 0.0488 e. The highest BCUT2D eigenvalue weighted by atomic mass is 16.5. The largest absolute Gasteiger partial charge is 0.396 e. The van der Waals surface area contributed by atoms with Crippen molar-refractivity contribution in [2.45, 2.75) is 96.8 Å². The van der Waals surface area contributed by atoms with Gasteiger partial charge in [0, 0.05) is 33.0 Å². The molecule has 0 heterocycles. The summed E-state index contributed by atoms with van der Waals surface area (Å²) in [7, 11) is 0. The first-order valence-electron chi connectivity index (χ1n) is 10.2. The monoisotopic (exact) mass is 330 g/mol. The number of hydrogen-bond acceptors (Lipinski definition) is 3. The first kappa shape index (κ1) is 22.9. The van der Waals surface area contributed by atoms with E-state index in [4.69, 9.17) is 14.6 Å². The topological polar surface area (TPSA) is 38.7 Å². The summed E-state index contributed by atoms with van der Waals surface area (Å²) in [6, 6.07) is 0. The van der Waals surface area contributed by atoms with Crippen molar-refractivity contribution in [3.05, 3.63) is 0 Å². The van der Waals surface area contributed by atoms with Crippen LogP contribution in [-0.4, -0.2) is 38.1 Å². The molecule has 0 radical (unpaired) electrons. The maximum Gasteiger partial charge on any atom is 0.0488 e. The molecule has 0 aliphatic rings. The second-order valence-electron chi connectivity index (χ2n) is 6.54. The first-order valence-corrected chi connectivity index (χ1v) is 10.2. The van der Waals surface area contributed by atoms with Crippen LogP contribution in [-0.2, 0) is 9.47 Å². The first-order chi connectivity index (χ1) is 11.4. The predicted octanol–water partition coefficient (Wildman–Crippen LogP) is 5.49. The van der Waals surface area contributed by atoms with Crippen molar-refractivity contribution < 1.29 is 14.6 Å². The van der Waals surface area contributed by atoms with E-state index in [0.29, 0.717) is 6.61 Å². The highest BCUT2D eigenvalue weighted by Crippen LogP contribution is 2.11. The van der Waals surface area contributed by atoms with Crippen LogP contribution in [0.5, 0.6) is 0 Å². The summed E-state index contributed by atoms with van der Waals surface area (Å²) < 4.78 is 11.0. The van der Waals surface area contributed by atoms with Crippen molar-refractivity contribution in [1.29, 1.82) is 0 Å². The molecule has 0 aliphatic carbocycles. The van der Waals surface area contributed by atoms with Crippen LogP contribution >= 0.6 is 0 Å². The zero-order valence-electron chi connectivity index (χ0n) is 15.7. The summed E-state index contributed by atoms with van der Waals surface area (Å²) in [4.78, 5) is 0. The Morgan fingerprint density at radius 2 is 0.870 bits per heavy atom. The SMILES string of the molecule is CCCCCCCCCCCCCCOCCCOCCCO. The molecule has 0 unspecified atom stereocenters. The van der Waals surface area contributed by atoms with E-state index in [2.05, 4.69) is 6.92 Å². The van der Waals surface area contributed by atoms with E-state index >= 15 is 0 Å². The van der Waals surface area contributed by atoms with Crippen molar-refractivity contribution in [2.24, 2.45) is 0 Å². The third-order valence-electron chi connectivity index (χ3n) is 4.17. The van der Waals surface area contributed by atoms with Crippen molar-refractivity contribution in [3.63, 3.8) is 0 Å². The molecule has 0 saturated heterocycles. The van der Waals surface area contributed by atoms with Crippen molar-refractivity contribution >= 4 is 0 Å². The van der Waals surface area contributed by atoms with E-state index in [1.807, 2.05) is 0 Å². The van der Waals surface area contributed by atoms with Gasteiger partial charge in [-0.1, -0.05) is 77.6 Å². The molecule has 3 nitrogen and oxygen atoms in total. The van der Waals surface area contributed by atoms with E-state index < -0.39 is 0 Å². The van der Waals surface area contributed by atoms with Crippen LogP contribution in [0.4, 0.5) is 0 Å². The number of rotatable bonds is 20. The molecular weight excluding hydrogens is 288 g/mol. The zero-order chi connectivity index (χ0) is 16.8. The Balaban J connectivity index is 2.92. The Hall–Kier alpha value is -0.120. The molecule has 23 heavy (non-hydrogen) atoms. The van der Waals surface area contributed by atoms with Crippen LogP contribution in [0.15, 0.2) is 0 Å². The minimum absolute atomic E-state index is 0.218. The Morgan fingerprint density at radius 1 is 0.478 bits per heavy atom. The normalized spacial score (nSPS) is 11.2. The predicted molar refractivity (Wildman–Crippen MR) is 99.0 cm³/mol. The van der Waals surface area contributed by atoms with E-state index in [1.54, 1.807) is 0 Å². The molecule has 0 aromatic heterocycles. The standard InChI is InChI=1S/C20H42O3/c1-2-3-4-5-6-7-8-9-10-11-12-13-17-22-19-15-20-23-18-14-16-21/h21H,2-20H2,1H3. The summed E-state index contributed by atoms with van der Waals surface area (Å²) in [6.07, 6.45) is 18.3. The molecule has 0 saturated carbocycles. The van der Waals surface area contributed by atoms with Crippen LogP contribution < -0.4 is 0 Å². The molecule has 0 bridgehead atoms. The molecule has 0 amide bonds. The molecule has 0 atom stereocenters. The van der Waals surface area contributed by atoms with Crippen LogP contribution in [0.3, 0.4) is 0 Å². The zero-order valence-corrected chi connectivity index (χ0v) is 15.7. The summed E-state index contributed by atoms with van der Waals surface area (Å²) in [5.41, 5.74) is 0. The number of unbranched alkanes of at least 4 members (excludes halogenated alkanes) is 11. The van der Waals surface area contributed by atoms with E-state index in [9.17, 15) is 0 Å². The van der Waals surface area contributed by atoms with E-state index in [1.165, 1.54) is 77.0 Å². The minimum Gasteiger partial charge on any atom is -0.396 e. The van der Waals surface area contributed by atoms with Crippen molar-refractivity contribution in [3.8, 4) is 0 Å². The quantitative estimate of drug-likeness (QED) is 0.300. The maximum absolute atomic E-state index is 8.61. The molecule has 1 N–H and O–H groups in total. The van der Waals surface area contributed by atoms with Crippen LogP contribution in [0.25, 0.3) is 0 Å². The second-order valence-corrected chi connectivity index (χ2v) is 6.54.